The van der Waals surface area contributed by atoms with Crippen molar-refractivity contribution >= 4 is 29.7 Å². The van der Waals surface area contributed by atoms with Gasteiger partial charge in [0.1, 0.15) is 6.04 Å². The van der Waals surface area contributed by atoms with Crippen molar-refractivity contribution < 1.29 is 9.59 Å². The SMILES string of the molecule is CSCCC1NC(=O)C(CCCCN)N=C1C=O. The van der Waals surface area contributed by atoms with Crippen LogP contribution < -0.4 is 11.1 Å². The Kier molecular flexibility index (Phi) is 6.97. The van der Waals surface area contributed by atoms with Crippen molar-refractivity contribution in [2.24, 2.45) is 10.7 Å². The Morgan fingerprint density at radius 2 is 2.22 bits per heavy atom. The van der Waals surface area contributed by atoms with Gasteiger partial charge in [0, 0.05) is 0 Å². The molecule has 2 unspecified atom stereocenters. The van der Waals surface area contributed by atoms with Gasteiger partial charge in [0.15, 0.2) is 6.29 Å². The maximum Gasteiger partial charge on any atom is 0.245 e. The molecule has 3 N–H and O–H groups in total. The summed E-state index contributed by atoms with van der Waals surface area (Å²) < 4.78 is 0. The first-order valence-corrected chi connectivity index (χ1v) is 7.64. The lowest BCUT2D eigenvalue weighted by molar-refractivity contribution is -0.123. The highest BCUT2D eigenvalue weighted by Crippen LogP contribution is 2.13. The maximum absolute atomic E-state index is 11.9. The van der Waals surface area contributed by atoms with E-state index in [1.807, 2.05) is 6.26 Å². The lowest BCUT2D eigenvalue weighted by atomic mass is 10.0. The van der Waals surface area contributed by atoms with E-state index in [0.717, 1.165) is 31.3 Å². The van der Waals surface area contributed by atoms with Crippen LogP contribution in [0.25, 0.3) is 0 Å². The first-order chi connectivity index (χ1) is 8.72. The Hall–Kier alpha value is -0.880. The van der Waals surface area contributed by atoms with Gasteiger partial charge in [-0.05, 0) is 44.2 Å². The minimum Gasteiger partial charge on any atom is -0.346 e. The van der Waals surface area contributed by atoms with Gasteiger partial charge in [-0.2, -0.15) is 11.8 Å². The third-order valence-corrected chi connectivity index (χ3v) is 3.59. The van der Waals surface area contributed by atoms with E-state index in [2.05, 4.69) is 10.3 Å². The first kappa shape index (κ1) is 15.2. The second-order valence-electron chi connectivity index (χ2n) is 4.31. The normalized spacial score (nSPS) is 23.4. The average molecular weight is 271 g/mol. The molecule has 1 heterocycles. The summed E-state index contributed by atoms with van der Waals surface area (Å²) in [5.41, 5.74) is 5.89. The summed E-state index contributed by atoms with van der Waals surface area (Å²) in [4.78, 5) is 27.1. The van der Waals surface area contributed by atoms with Crippen molar-refractivity contribution in [2.45, 2.75) is 37.8 Å². The summed E-state index contributed by atoms with van der Waals surface area (Å²) in [5.74, 6) is 0.832. The van der Waals surface area contributed by atoms with Crippen molar-refractivity contribution in [1.82, 2.24) is 5.32 Å². The molecule has 1 amide bonds. The van der Waals surface area contributed by atoms with Crippen molar-refractivity contribution in [2.75, 3.05) is 18.6 Å². The fourth-order valence-corrected chi connectivity index (χ4v) is 2.39. The zero-order valence-electron chi connectivity index (χ0n) is 10.7. The molecule has 0 aromatic heterocycles. The van der Waals surface area contributed by atoms with Crippen molar-refractivity contribution in [3.8, 4) is 0 Å². The van der Waals surface area contributed by atoms with Gasteiger partial charge >= 0.3 is 0 Å². The van der Waals surface area contributed by atoms with E-state index in [1.165, 1.54) is 0 Å². The Balaban J connectivity index is 2.61. The second-order valence-corrected chi connectivity index (χ2v) is 5.30. The largest absolute Gasteiger partial charge is 0.346 e. The van der Waals surface area contributed by atoms with Gasteiger partial charge in [-0.15, -0.1) is 0 Å². The van der Waals surface area contributed by atoms with Gasteiger partial charge in [0.2, 0.25) is 5.91 Å². The number of amides is 1. The molecule has 5 nitrogen and oxygen atoms in total. The number of unbranched alkanes of at least 4 members (excludes halogenated alkanes) is 1. The van der Waals surface area contributed by atoms with E-state index in [1.54, 1.807) is 11.8 Å². The van der Waals surface area contributed by atoms with Crippen LogP contribution >= 0.6 is 11.8 Å². The smallest absolute Gasteiger partial charge is 0.245 e. The van der Waals surface area contributed by atoms with Crippen molar-refractivity contribution in [3.05, 3.63) is 0 Å². The lowest BCUT2D eigenvalue weighted by Crippen LogP contribution is -2.50. The molecule has 0 aliphatic carbocycles. The minimum atomic E-state index is -0.415. The highest BCUT2D eigenvalue weighted by atomic mass is 32.2. The van der Waals surface area contributed by atoms with Gasteiger partial charge in [0.05, 0.1) is 11.8 Å². The molecular formula is C12H21N3O2S. The number of aldehydes is 1. The third kappa shape index (κ3) is 4.42. The monoisotopic (exact) mass is 271 g/mol. The molecule has 1 aliphatic heterocycles. The average Bonchev–Trinajstić information content (AvgIpc) is 2.38. The molecule has 0 bridgehead atoms. The number of nitrogens with two attached hydrogens (primary N) is 1. The van der Waals surface area contributed by atoms with E-state index in [9.17, 15) is 9.59 Å². The molecule has 2 atom stereocenters. The fourth-order valence-electron chi connectivity index (χ4n) is 1.92. The maximum atomic E-state index is 11.9. The number of rotatable bonds is 8. The van der Waals surface area contributed by atoms with Gasteiger partial charge in [0.25, 0.3) is 0 Å². The molecule has 0 saturated heterocycles. The first-order valence-electron chi connectivity index (χ1n) is 6.25. The molecule has 0 fully saturated rings. The van der Waals surface area contributed by atoms with Crippen LogP contribution in [0.2, 0.25) is 0 Å². The van der Waals surface area contributed by atoms with E-state index in [-0.39, 0.29) is 11.9 Å². The van der Waals surface area contributed by atoms with Gasteiger partial charge in [-0.1, -0.05) is 0 Å². The van der Waals surface area contributed by atoms with Gasteiger partial charge < -0.3 is 11.1 Å². The highest BCUT2D eigenvalue weighted by molar-refractivity contribution is 7.98. The molecule has 1 rings (SSSR count). The highest BCUT2D eigenvalue weighted by Gasteiger charge is 2.29. The molecule has 18 heavy (non-hydrogen) atoms. The van der Waals surface area contributed by atoms with Gasteiger partial charge in [-0.25, -0.2) is 0 Å². The molecule has 1 aliphatic rings. The molecule has 0 spiro atoms. The molecule has 6 heteroatoms. The van der Waals surface area contributed by atoms with Crippen LogP contribution in [0.1, 0.15) is 25.7 Å². The fraction of sp³-hybridized carbons (Fsp3) is 0.750. The van der Waals surface area contributed by atoms with Crippen LogP contribution in [0.15, 0.2) is 4.99 Å². The number of hydrogen-bond donors (Lipinski definition) is 2. The standard InChI is InChI=1S/C12H21N3O2S/c1-18-7-5-9-11(8-16)14-10(12(17)15-9)4-2-3-6-13/h8-10H,2-7,13H2,1H3,(H,15,17). The summed E-state index contributed by atoms with van der Waals surface area (Å²) in [7, 11) is 0. The Morgan fingerprint density at radius 3 is 2.83 bits per heavy atom. The van der Waals surface area contributed by atoms with Crippen LogP contribution in [0.3, 0.4) is 0 Å². The zero-order chi connectivity index (χ0) is 13.4. The third-order valence-electron chi connectivity index (χ3n) is 2.94. The zero-order valence-corrected chi connectivity index (χ0v) is 11.5. The summed E-state index contributed by atoms with van der Waals surface area (Å²) in [5, 5.41) is 2.88. The number of hydrogen-bond acceptors (Lipinski definition) is 5. The number of carbonyl (C=O) groups is 2. The Bertz CT molecular complexity index is 320. The number of nitrogens with one attached hydrogen (secondary N) is 1. The molecule has 0 aromatic carbocycles. The number of aliphatic imine (C=N–C) groups is 1. The molecule has 0 saturated carbocycles. The summed E-state index contributed by atoms with van der Waals surface area (Å²) in [6, 6.07) is -0.629. The second kappa shape index (κ2) is 8.26. The number of nitrogens with zero attached hydrogens (tertiary/aromatic N) is 1. The number of carbonyl (C=O) groups excluding carboxylic acids is 2. The van der Waals surface area contributed by atoms with E-state index in [0.29, 0.717) is 18.7 Å². The van der Waals surface area contributed by atoms with E-state index in [4.69, 9.17) is 5.73 Å². The molecule has 0 radical (unpaired) electrons. The van der Waals surface area contributed by atoms with Crippen LogP contribution in [-0.2, 0) is 9.59 Å². The van der Waals surface area contributed by atoms with Crippen molar-refractivity contribution in [3.63, 3.8) is 0 Å². The summed E-state index contributed by atoms with van der Waals surface area (Å²) in [6.07, 6.45) is 5.92. The quantitative estimate of drug-likeness (QED) is 0.493. The summed E-state index contributed by atoms with van der Waals surface area (Å²) in [6.45, 7) is 0.620. The topological polar surface area (TPSA) is 84.6 Å². The van der Waals surface area contributed by atoms with Crippen LogP contribution in [0, 0.1) is 0 Å². The van der Waals surface area contributed by atoms with Crippen LogP contribution in [0.4, 0.5) is 0 Å². The summed E-state index contributed by atoms with van der Waals surface area (Å²) >= 11 is 1.69. The predicted molar refractivity (Wildman–Crippen MR) is 75.1 cm³/mol. The van der Waals surface area contributed by atoms with Crippen LogP contribution in [0.5, 0.6) is 0 Å². The predicted octanol–water partition coefficient (Wildman–Crippen LogP) is 0.375. The lowest BCUT2D eigenvalue weighted by Gasteiger charge is -2.26. The van der Waals surface area contributed by atoms with E-state index < -0.39 is 6.04 Å². The Labute approximate surface area is 112 Å². The molecule has 102 valence electrons. The van der Waals surface area contributed by atoms with Gasteiger partial charge in [-0.3, -0.25) is 14.6 Å². The van der Waals surface area contributed by atoms with E-state index >= 15 is 0 Å². The molecular weight excluding hydrogens is 250 g/mol. The molecule has 0 aromatic rings. The minimum absolute atomic E-state index is 0.0660. The Morgan fingerprint density at radius 1 is 1.44 bits per heavy atom. The van der Waals surface area contributed by atoms with Crippen molar-refractivity contribution in [1.29, 1.82) is 0 Å². The van der Waals surface area contributed by atoms with Crippen LogP contribution in [-0.4, -0.2) is 48.5 Å². The number of thioether (sulfide) groups is 1.